The van der Waals surface area contributed by atoms with Crippen LogP contribution < -0.4 is 10.6 Å². The van der Waals surface area contributed by atoms with Crippen molar-refractivity contribution in [2.24, 2.45) is 0 Å². The van der Waals surface area contributed by atoms with E-state index in [4.69, 9.17) is 11.6 Å². The van der Waals surface area contributed by atoms with Gasteiger partial charge in [-0.2, -0.15) is 0 Å². The van der Waals surface area contributed by atoms with Crippen LogP contribution in [0.1, 0.15) is 0 Å². The van der Waals surface area contributed by atoms with Crippen LogP contribution >= 0.6 is 11.6 Å². The van der Waals surface area contributed by atoms with Crippen molar-refractivity contribution in [3.63, 3.8) is 0 Å². The van der Waals surface area contributed by atoms with Gasteiger partial charge in [-0.25, -0.2) is 4.79 Å². The molecule has 2 amide bonds. The first-order chi connectivity index (χ1) is 6.22. The van der Waals surface area contributed by atoms with Crippen LogP contribution in [0.3, 0.4) is 0 Å². The number of anilines is 1. The highest BCUT2D eigenvalue weighted by Gasteiger charge is 1.98. The molecule has 0 aliphatic carbocycles. The van der Waals surface area contributed by atoms with Crippen LogP contribution in [0.4, 0.5) is 10.5 Å². The Kier molecular flexibility index (Phi) is 3.58. The second kappa shape index (κ2) is 4.72. The van der Waals surface area contributed by atoms with Gasteiger partial charge in [0, 0.05) is 17.3 Å². The van der Waals surface area contributed by atoms with E-state index in [0.29, 0.717) is 17.3 Å². The van der Waals surface area contributed by atoms with E-state index < -0.39 is 0 Å². The molecule has 1 aromatic rings. The van der Waals surface area contributed by atoms with Gasteiger partial charge in [0.25, 0.3) is 0 Å². The van der Waals surface area contributed by atoms with Crippen LogP contribution in [0.25, 0.3) is 0 Å². The third-order valence-electron chi connectivity index (χ3n) is 1.37. The molecule has 0 aliphatic heterocycles. The average molecular weight is 198 g/mol. The molecule has 0 aliphatic rings. The van der Waals surface area contributed by atoms with Crippen molar-refractivity contribution in [3.05, 3.63) is 36.2 Å². The molecular formula is C9H10ClN2O. The Hall–Kier alpha value is -1.22. The highest BCUT2D eigenvalue weighted by molar-refractivity contribution is 6.30. The number of halogens is 1. The van der Waals surface area contributed by atoms with Gasteiger partial charge in [-0.05, 0) is 25.1 Å². The standard InChI is InChI=1S/C9H10ClN2O/c1-2-11-9(13)12-8-5-3-4-7(10)6-8/h3-6H,1-2H2,(H2,11,12,13). The molecule has 1 rings (SSSR count). The van der Waals surface area contributed by atoms with Gasteiger partial charge < -0.3 is 10.6 Å². The lowest BCUT2D eigenvalue weighted by Crippen LogP contribution is -2.28. The molecule has 0 saturated carbocycles. The maximum Gasteiger partial charge on any atom is 0.319 e. The Balaban J connectivity index is 2.58. The molecule has 4 heteroatoms. The van der Waals surface area contributed by atoms with Crippen molar-refractivity contribution >= 4 is 23.3 Å². The van der Waals surface area contributed by atoms with Crippen LogP contribution in [0.2, 0.25) is 5.02 Å². The van der Waals surface area contributed by atoms with Crippen molar-refractivity contribution in [1.82, 2.24) is 5.32 Å². The summed E-state index contributed by atoms with van der Waals surface area (Å²) in [7, 11) is 0. The maximum absolute atomic E-state index is 11.0. The maximum atomic E-state index is 11.0. The van der Waals surface area contributed by atoms with E-state index in [1.54, 1.807) is 24.3 Å². The summed E-state index contributed by atoms with van der Waals surface area (Å²) in [6.07, 6.45) is 0. The van der Waals surface area contributed by atoms with Gasteiger partial charge in [0.05, 0.1) is 0 Å². The van der Waals surface area contributed by atoms with E-state index >= 15 is 0 Å². The monoisotopic (exact) mass is 197 g/mol. The zero-order chi connectivity index (χ0) is 9.68. The molecule has 0 atom stereocenters. The minimum Gasteiger partial charge on any atom is -0.338 e. The molecule has 1 radical (unpaired) electrons. The quantitative estimate of drug-likeness (QED) is 0.751. The topological polar surface area (TPSA) is 41.1 Å². The number of amides is 2. The smallest absolute Gasteiger partial charge is 0.319 e. The number of hydrogen-bond acceptors (Lipinski definition) is 1. The fourth-order valence-electron chi connectivity index (χ4n) is 0.855. The van der Waals surface area contributed by atoms with E-state index in [9.17, 15) is 4.79 Å². The Morgan fingerprint density at radius 3 is 2.92 bits per heavy atom. The van der Waals surface area contributed by atoms with Gasteiger partial charge in [-0.15, -0.1) is 0 Å². The van der Waals surface area contributed by atoms with Crippen LogP contribution in [-0.4, -0.2) is 12.6 Å². The number of carbonyl (C=O) groups excluding carboxylic acids is 1. The normalized spacial score (nSPS) is 9.38. The second-order valence-electron chi connectivity index (χ2n) is 2.39. The summed E-state index contributed by atoms with van der Waals surface area (Å²) in [5.74, 6) is 0. The molecular weight excluding hydrogens is 188 g/mol. The number of hydrogen-bond donors (Lipinski definition) is 2. The van der Waals surface area contributed by atoms with Gasteiger partial charge in [0.1, 0.15) is 0 Å². The zero-order valence-corrected chi connectivity index (χ0v) is 7.77. The van der Waals surface area contributed by atoms with E-state index in [1.165, 1.54) is 0 Å². The van der Waals surface area contributed by atoms with Crippen molar-refractivity contribution in [2.75, 3.05) is 11.9 Å². The summed E-state index contributed by atoms with van der Waals surface area (Å²) >= 11 is 5.72. The summed E-state index contributed by atoms with van der Waals surface area (Å²) < 4.78 is 0. The second-order valence-corrected chi connectivity index (χ2v) is 2.83. The Morgan fingerprint density at radius 1 is 1.54 bits per heavy atom. The molecule has 3 nitrogen and oxygen atoms in total. The lowest BCUT2D eigenvalue weighted by atomic mass is 10.3. The first-order valence-corrected chi connectivity index (χ1v) is 4.20. The molecule has 69 valence electrons. The van der Waals surface area contributed by atoms with Crippen LogP contribution in [0, 0.1) is 6.92 Å². The summed E-state index contributed by atoms with van der Waals surface area (Å²) in [6, 6.07) is 6.66. The van der Waals surface area contributed by atoms with E-state index in [-0.39, 0.29) is 6.03 Å². The lowest BCUT2D eigenvalue weighted by Gasteiger charge is -2.05. The Morgan fingerprint density at radius 2 is 2.31 bits per heavy atom. The molecule has 0 heterocycles. The zero-order valence-electron chi connectivity index (χ0n) is 7.01. The highest BCUT2D eigenvalue weighted by Crippen LogP contribution is 2.14. The third-order valence-corrected chi connectivity index (χ3v) is 1.60. The molecule has 13 heavy (non-hydrogen) atoms. The molecule has 1 aromatic carbocycles. The molecule has 0 unspecified atom stereocenters. The van der Waals surface area contributed by atoms with Gasteiger partial charge in [-0.1, -0.05) is 17.7 Å². The van der Waals surface area contributed by atoms with E-state index in [0.717, 1.165) is 0 Å². The van der Waals surface area contributed by atoms with Gasteiger partial charge in [0.15, 0.2) is 0 Å². The largest absolute Gasteiger partial charge is 0.338 e. The fourth-order valence-corrected chi connectivity index (χ4v) is 1.05. The van der Waals surface area contributed by atoms with Crippen molar-refractivity contribution in [2.45, 2.75) is 0 Å². The van der Waals surface area contributed by atoms with Gasteiger partial charge >= 0.3 is 6.03 Å². The number of urea groups is 1. The van der Waals surface area contributed by atoms with E-state index in [2.05, 4.69) is 17.6 Å². The van der Waals surface area contributed by atoms with Gasteiger partial charge in [-0.3, -0.25) is 0 Å². The Bertz CT molecular complexity index is 301. The molecule has 2 N–H and O–H groups in total. The predicted molar refractivity (Wildman–Crippen MR) is 53.8 cm³/mol. The Labute approximate surface area is 82.1 Å². The SMILES string of the molecule is [CH2]CNC(=O)Nc1cccc(Cl)c1. The van der Waals surface area contributed by atoms with Crippen LogP contribution in [0.5, 0.6) is 0 Å². The summed E-state index contributed by atoms with van der Waals surface area (Å²) in [5, 5.41) is 5.71. The first-order valence-electron chi connectivity index (χ1n) is 3.82. The van der Waals surface area contributed by atoms with Crippen LogP contribution in [0.15, 0.2) is 24.3 Å². The highest BCUT2D eigenvalue weighted by atomic mass is 35.5. The number of rotatable bonds is 2. The number of carbonyl (C=O) groups is 1. The summed E-state index contributed by atoms with van der Waals surface area (Å²) in [4.78, 5) is 11.0. The molecule has 0 spiro atoms. The number of benzene rings is 1. The third kappa shape index (κ3) is 3.34. The summed E-state index contributed by atoms with van der Waals surface area (Å²) in [5.41, 5.74) is 0.665. The number of nitrogens with one attached hydrogen (secondary N) is 2. The minimum absolute atomic E-state index is 0.280. The fraction of sp³-hybridized carbons (Fsp3) is 0.111. The van der Waals surface area contributed by atoms with Crippen molar-refractivity contribution in [1.29, 1.82) is 0 Å². The molecule has 0 saturated heterocycles. The summed E-state index contributed by atoms with van der Waals surface area (Å²) in [6.45, 7) is 3.84. The lowest BCUT2D eigenvalue weighted by molar-refractivity contribution is 0.253. The molecule has 0 fully saturated rings. The average Bonchev–Trinajstić information content (AvgIpc) is 2.04. The van der Waals surface area contributed by atoms with Crippen LogP contribution in [-0.2, 0) is 0 Å². The van der Waals surface area contributed by atoms with Crippen molar-refractivity contribution < 1.29 is 4.79 Å². The molecule has 0 aromatic heterocycles. The molecule has 0 bridgehead atoms. The van der Waals surface area contributed by atoms with Crippen molar-refractivity contribution in [3.8, 4) is 0 Å². The predicted octanol–water partition coefficient (Wildman–Crippen LogP) is 2.30. The van der Waals surface area contributed by atoms with Gasteiger partial charge in [0.2, 0.25) is 0 Å². The first kappa shape index (κ1) is 9.86. The van der Waals surface area contributed by atoms with E-state index in [1.807, 2.05) is 0 Å². The minimum atomic E-state index is -0.280.